The molecular formula is C24H21NO4S. The van der Waals surface area contributed by atoms with E-state index in [4.69, 9.17) is 9.15 Å². The Balaban J connectivity index is 1.52. The van der Waals surface area contributed by atoms with E-state index in [0.29, 0.717) is 34.6 Å². The molecule has 5 nitrogen and oxygen atoms in total. The lowest BCUT2D eigenvalue weighted by Gasteiger charge is -2.17. The minimum Gasteiger partial charge on any atom is -0.484 e. The van der Waals surface area contributed by atoms with Crippen molar-refractivity contribution in [1.29, 1.82) is 0 Å². The van der Waals surface area contributed by atoms with Crippen LogP contribution in [0.25, 0.3) is 22.1 Å². The van der Waals surface area contributed by atoms with Crippen molar-refractivity contribution in [2.24, 2.45) is 0 Å². The summed E-state index contributed by atoms with van der Waals surface area (Å²) < 4.78 is 11.6. The van der Waals surface area contributed by atoms with Crippen molar-refractivity contribution in [2.45, 2.75) is 13.5 Å². The van der Waals surface area contributed by atoms with Gasteiger partial charge < -0.3 is 14.1 Å². The molecule has 0 aliphatic carbocycles. The summed E-state index contributed by atoms with van der Waals surface area (Å²) in [6.45, 7) is 2.23. The molecule has 0 fully saturated rings. The lowest BCUT2D eigenvalue weighted by Crippen LogP contribution is -2.30. The van der Waals surface area contributed by atoms with Crippen molar-refractivity contribution in [3.8, 4) is 16.9 Å². The molecule has 2 heterocycles. The van der Waals surface area contributed by atoms with Crippen LogP contribution in [-0.4, -0.2) is 24.5 Å². The fourth-order valence-corrected chi connectivity index (χ4v) is 3.97. The van der Waals surface area contributed by atoms with Crippen LogP contribution < -0.4 is 10.2 Å². The SMILES string of the molecule is Cc1oc2cc(OCC(=O)N(C)Cc3ccsc3)ccc2c(=O)c1-c1ccccc1. The molecule has 2 aromatic carbocycles. The van der Waals surface area contributed by atoms with Crippen LogP contribution in [0.5, 0.6) is 5.75 Å². The van der Waals surface area contributed by atoms with Gasteiger partial charge in [0.2, 0.25) is 5.43 Å². The number of benzene rings is 2. The average molecular weight is 420 g/mol. The van der Waals surface area contributed by atoms with Crippen LogP contribution in [0.15, 0.2) is 74.6 Å². The van der Waals surface area contributed by atoms with Crippen molar-refractivity contribution in [3.05, 3.63) is 86.9 Å². The van der Waals surface area contributed by atoms with Crippen LogP contribution in [-0.2, 0) is 11.3 Å². The molecule has 2 aromatic heterocycles. The summed E-state index contributed by atoms with van der Waals surface area (Å²) in [6.07, 6.45) is 0. The van der Waals surface area contributed by atoms with E-state index < -0.39 is 0 Å². The van der Waals surface area contributed by atoms with Crippen molar-refractivity contribution >= 4 is 28.2 Å². The van der Waals surface area contributed by atoms with Crippen molar-refractivity contribution in [2.75, 3.05) is 13.7 Å². The number of hydrogen-bond donors (Lipinski definition) is 0. The second kappa shape index (κ2) is 8.55. The molecule has 0 spiro atoms. The zero-order chi connectivity index (χ0) is 21.1. The summed E-state index contributed by atoms with van der Waals surface area (Å²) in [7, 11) is 1.75. The van der Waals surface area contributed by atoms with Gasteiger partial charge in [-0.05, 0) is 47.0 Å². The number of hydrogen-bond acceptors (Lipinski definition) is 5. The molecule has 30 heavy (non-hydrogen) atoms. The number of amides is 1. The molecule has 1 amide bonds. The van der Waals surface area contributed by atoms with Gasteiger partial charge in [0, 0.05) is 19.7 Å². The maximum Gasteiger partial charge on any atom is 0.260 e. The number of rotatable bonds is 6. The topological polar surface area (TPSA) is 59.8 Å². The Morgan fingerprint density at radius 3 is 2.67 bits per heavy atom. The van der Waals surface area contributed by atoms with E-state index in [0.717, 1.165) is 11.1 Å². The number of fused-ring (bicyclic) bond motifs is 1. The van der Waals surface area contributed by atoms with Gasteiger partial charge in [0.1, 0.15) is 17.1 Å². The highest BCUT2D eigenvalue weighted by Gasteiger charge is 2.15. The molecule has 0 aliphatic heterocycles. The number of carbonyl (C=O) groups is 1. The number of thiophene rings is 1. The summed E-state index contributed by atoms with van der Waals surface area (Å²) in [4.78, 5) is 27.0. The fourth-order valence-electron chi connectivity index (χ4n) is 3.31. The van der Waals surface area contributed by atoms with Crippen LogP contribution in [0.3, 0.4) is 0 Å². The van der Waals surface area contributed by atoms with Crippen LogP contribution in [0.4, 0.5) is 0 Å². The van der Waals surface area contributed by atoms with E-state index in [9.17, 15) is 9.59 Å². The minimum absolute atomic E-state index is 0.0851. The zero-order valence-corrected chi connectivity index (χ0v) is 17.6. The zero-order valence-electron chi connectivity index (χ0n) is 16.8. The van der Waals surface area contributed by atoms with Gasteiger partial charge in [-0.25, -0.2) is 0 Å². The molecule has 6 heteroatoms. The van der Waals surface area contributed by atoms with Gasteiger partial charge in [-0.15, -0.1) is 0 Å². The average Bonchev–Trinajstić information content (AvgIpc) is 3.25. The quantitative estimate of drug-likeness (QED) is 0.447. The molecule has 0 atom stereocenters. The second-order valence-electron chi connectivity index (χ2n) is 7.06. The molecule has 0 N–H and O–H groups in total. The van der Waals surface area contributed by atoms with E-state index in [2.05, 4.69) is 0 Å². The second-order valence-corrected chi connectivity index (χ2v) is 7.84. The number of nitrogens with zero attached hydrogens (tertiary/aromatic N) is 1. The van der Waals surface area contributed by atoms with Gasteiger partial charge in [0.25, 0.3) is 5.91 Å². The highest BCUT2D eigenvalue weighted by atomic mass is 32.1. The molecule has 152 valence electrons. The normalized spacial score (nSPS) is 10.9. The highest BCUT2D eigenvalue weighted by molar-refractivity contribution is 7.07. The highest BCUT2D eigenvalue weighted by Crippen LogP contribution is 2.26. The Labute approximate surface area is 178 Å². The predicted octanol–water partition coefficient (Wildman–Crippen LogP) is 4.87. The fraction of sp³-hybridized carbons (Fsp3) is 0.167. The first-order valence-corrected chi connectivity index (χ1v) is 10.5. The summed E-state index contributed by atoms with van der Waals surface area (Å²) >= 11 is 1.60. The summed E-state index contributed by atoms with van der Waals surface area (Å²) in [6, 6.07) is 16.5. The molecule has 0 radical (unpaired) electrons. The van der Waals surface area contributed by atoms with E-state index >= 15 is 0 Å². The largest absolute Gasteiger partial charge is 0.484 e. The third-order valence-corrected chi connectivity index (χ3v) is 5.62. The van der Waals surface area contributed by atoms with Gasteiger partial charge >= 0.3 is 0 Å². The van der Waals surface area contributed by atoms with Gasteiger partial charge in [0.15, 0.2) is 6.61 Å². The predicted molar refractivity (Wildman–Crippen MR) is 119 cm³/mol. The Morgan fingerprint density at radius 1 is 1.13 bits per heavy atom. The van der Waals surface area contributed by atoms with Gasteiger partial charge in [-0.3, -0.25) is 9.59 Å². The van der Waals surface area contributed by atoms with Crippen LogP contribution in [0, 0.1) is 6.92 Å². The van der Waals surface area contributed by atoms with Crippen molar-refractivity contribution in [1.82, 2.24) is 4.90 Å². The van der Waals surface area contributed by atoms with Crippen molar-refractivity contribution < 1.29 is 13.9 Å². The van der Waals surface area contributed by atoms with Crippen molar-refractivity contribution in [3.63, 3.8) is 0 Å². The minimum atomic E-state index is -0.127. The monoisotopic (exact) mass is 419 g/mol. The smallest absolute Gasteiger partial charge is 0.260 e. The molecular weight excluding hydrogens is 398 g/mol. The van der Waals surface area contributed by atoms with Crippen LogP contribution in [0.1, 0.15) is 11.3 Å². The molecule has 0 saturated heterocycles. The lowest BCUT2D eigenvalue weighted by atomic mass is 10.0. The van der Waals surface area contributed by atoms with Gasteiger partial charge in [-0.2, -0.15) is 11.3 Å². The maximum atomic E-state index is 13.0. The third kappa shape index (κ3) is 4.14. The Kier molecular flexibility index (Phi) is 5.68. The Hall–Kier alpha value is -3.38. The first kappa shape index (κ1) is 19.9. The Bertz CT molecular complexity index is 1230. The number of aryl methyl sites for hydroxylation is 1. The molecule has 0 aliphatic rings. The molecule has 0 unspecified atom stereocenters. The summed E-state index contributed by atoms with van der Waals surface area (Å²) in [5.74, 6) is 0.899. The van der Waals surface area contributed by atoms with Gasteiger partial charge in [0.05, 0.1) is 10.9 Å². The molecule has 0 saturated carbocycles. The maximum absolute atomic E-state index is 13.0. The molecule has 0 bridgehead atoms. The van der Waals surface area contributed by atoms with E-state index in [1.54, 1.807) is 48.4 Å². The molecule has 4 rings (SSSR count). The van der Waals surface area contributed by atoms with E-state index in [-0.39, 0.29) is 17.9 Å². The van der Waals surface area contributed by atoms with E-state index in [1.165, 1.54) is 0 Å². The summed E-state index contributed by atoms with van der Waals surface area (Å²) in [5.41, 5.74) is 2.83. The molecule has 4 aromatic rings. The number of ether oxygens (including phenoxy) is 1. The van der Waals surface area contributed by atoms with Gasteiger partial charge in [-0.1, -0.05) is 30.3 Å². The van der Waals surface area contributed by atoms with Crippen LogP contribution in [0.2, 0.25) is 0 Å². The van der Waals surface area contributed by atoms with E-state index in [1.807, 2.05) is 47.2 Å². The number of carbonyl (C=O) groups excluding carboxylic acids is 1. The third-order valence-electron chi connectivity index (χ3n) is 4.89. The summed E-state index contributed by atoms with van der Waals surface area (Å²) in [5, 5.41) is 4.48. The Morgan fingerprint density at radius 2 is 1.93 bits per heavy atom. The number of likely N-dealkylation sites (N-methyl/N-ethyl adjacent to an activating group) is 1. The first-order chi connectivity index (χ1) is 14.5. The van der Waals surface area contributed by atoms with Crippen LogP contribution >= 0.6 is 11.3 Å². The lowest BCUT2D eigenvalue weighted by molar-refractivity contribution is -0.132. The first-order valence-electron chi connectivity index (χ1n) is 9.53. The standard InChI is InChI=1S/C24H21NO4S/c1-16-23(18-6-4-3-5-7-18)24(27)20-9-8-19(12-21(20)29-16)28-14-22(26)25(2)13-17-10-11-30-15-17/h3-12,15H,13-14H2,1-2H3.